The summed E-state index contributed by atoms with van der Waals surface area (Å²) in [6.07, 6.45) is 4.25. The van der Waals surface area contributed by atoms with Crippen molar-refractivity contribution in [3.05, 3.63) is 59.2 Å². The summed E-state index contributed by atoms with van der Waals surface area (Å²) in [6, 6.07) is 11.9. The summed E-state index contributed by atoms with van der Waals surface area (Å²) < 4.78 is 34.4. The number of hydrogen-bond acceptors (Lipinski definition) is 5. The van der Waals surface area contributed by atoms with E-state index >= 15 is 0 Å². The van der Waals surface area contributed by atoms with Gasteiger partial charge in [-0.05, 0) is 80.8 Å². The molecule has 34 heavy (non-hydrogen) atoms. The lowest BCUT2D eigenvalue weighted by atomic mass is 9.90. The molecule has 1 fully saturated rings. The zero-order chi connectivity index (χ0) is 24.1. The fraction of sp³-hybridized carbons (Fsp3) is 0.440. The van der Waals surface area contributed by atoms with Gasteiger partial charge in [0.2, 0.25) is 10.0 Å². The summed E-state index contributed by atoms with van der Waals surface area (Å²) in [5.74, 6) is -0.262. The number of nitrogens with zero attached hydrogens (tertiary/aromatic N) is 1. The van der Waals surface area contributed by atoms with Crippen LogP contribution in [0.1, 0.15) is 54.1 Å². The monoisotopic (exact) mass is 485 g/mol. The van der Waals surface area contributed by atoms with Crippen molar-refractivity contribution in [2.75, 3.05) is 25.0 Å². The number of aryl methyl sites for hydroxylation is 1. The Hall–Kier alpha value is -2.91. The van der Waals surface area contributed by atoms with E-state index in [1.54, 1.807) is 48.2 Å². The first-order valence-electron chi connectivity index (χ1n) is 11.8. The van der Waals surface area contributed by atoms with E-state index in [9.17, 15) is 18.0 Å². The summed E-state index contributed by atoms with van der Waals surface area (Å²) in [6.45, 7) is 2.95. The molecule has 1 heterocycles. The number of sulfonamides is 1. The fourth-order valence-electron chi connectivity index (χ4n) is 4.57. The average molecular weight is 486 g/mol. The Labute approximate surface area is 200 Å². The van der Waals surface area contributed by atoms with E-state index in [2.05, 4.69) is 10.0 Å². The molecule has 2 aromatic carbocycles. The molecule has 1 saturated heterocycles. The number of nitrogens with one attached hydrogen (secondary N) is 2. The first kappa shape index (κ1) is 24.2. The van der Waals surface area contributed by atoms with E-state index in [1.807, 2.05) is 6.07 Å². The molecular weight excluding hydrogens is 454 g/mol. The quantitative estimate of drug-likeness (QED) is 0.649. The first-order valence-corrected chi connectivity index (χ1v) is 13.3. The van der Waals surface area contributed by atoms with E-state index in [0.29, 0.717) is 43.8 Å². The van der Waals surface area contributed by atoms with Crippen LogP contribution in [-0.4, -0.2) is 51.1 Å². The van der Waals surface area contributed by atoms with Crippen LogP contribution in [0, 0.1) is 0 Å². The molecule has 0 unspecified atom stereocenters. The maximum absolute atomic E-state index is 13.3. The zero-order valence-electron chi connectivity index (χ0n) is 19.4. The minimum absolute atomic E-state index is 0.157. The molecule has 0 spiro atoms. The number of likely N-dealkylation sites (tertiary alicyclic amines) is 1. The first-order chi connectivity index (χ1) is 16.4. The van der Waals surface area contributed by atoms with Gasteiger partial charge < -0.3 is 15.0 Å². The third-order valence-electron chi connectivity index (χ3n) is 6.38. The van der Waals surface area contributed by atoms with Gasteiger partial charge in [-0.25, -0.2) is 17.9 Å². The molecule has 8 nitrogen and oxygen atoms in total. The number of fused-ring (bicyclic) bond motifs is 1. The number of hydrogen-bond donors (Lipinski definition) is 2. The minimum Gasteiger partial charge on any atom is -0.450 e. The SMILES string of the molecule is CCOC(=O)N1CCC(NS(=O)(=O)c2cc3c(c(NC(=O)c4ccccc4)c2)CCCC3)CC1. The molecule has 182 valence electrons. The molecule has 0 saturated carbocycles. The van der Waals surface area contributed by atoms with Crippen LogP contribution in [-0.2, 0) is 27.6 Å². The molecule has 2 aromatic rings. The highest BCUT2D eigenvalue weighted by atomic mass is 32.2. The molecule has 0 aromatic heterocycles. The van der Waals surface area contributed by atoms with Crippen molar-refractivity contribution in [2.45, 2.75) is 56.4 Å². The summed E-state index contributed by atoms with van der Waals surface area (Å²) in [5, 5.41) is 2.94. The van der Waals surface area contributed by atoms with Crippen molar-refractivity contribution < 1.29 is 22.7 Å². The van der Waals surface area contributed by atoms with E-state index in [1.165, 1.54) is 0 Å². The molecule has 0 radical (unpaired) electrons. The molecular formula is C25H31N3O5S. The van der Waals surface area contributed by atoms with Gasteiger partial charge in [-0.15, -0.1) is 0 Å². The van der Waals surface area contributed by atoms with E-state index in [4.69, 9.17) is 4.74 Å². The van der Waals surface area contributed by atoms with Crippen molar-refractivity contribution >= 4 is 27.7 Å². The number of ether oxygens (including phenoxy) is 1. The van der Waals surface area contributed by atoms with Gasteiger partial charge in [0, 0.05) is 30.4 Å². The summed E-state index contributed by atoms with van der Waals surface area (Å²) >= 11 is 0. The number of carbonyl (C=O) groups is 2. The minimum atomic E-state index is -3.80. The molecule has 2 amide bonds. The highest BCUT2D eigenvalue weighted by Gasteiger charge is 2.28. The average Bonchev–Trinajstić information content (AvgIpc) is 2.85. The largest absolute Gasteiger partial charge is 0.450 e. The lowest BCUT2D eigenvalue weighted by molar-refractivity contribution is 0.0964. The van der Waals surface area contributed by atoms with Gasteiger partial charge in [0.1, 0.15) is 0 Å². The molecule has 9 heteroatoms. The van der Waals surface area contributed by atoms with Gasteiger partial charge in [-0.2, -0.15) is 0 Å². The second-order valence-electron chi connectivity index (χ2n) is 8.72. The standard InChI is InChI=1S/C25H31N3O5S/c1-2-33-25(30)28-14-12-20(13-15-28)27-34(31,32)21-16-19-10-6-7-11-22(19)23(17-21)26-24(29)18-8-4-3-5-9-18/h3-5,8-9,16-17,20,27H,2,6-7,10-15H2,1H3,(H,26,29). The van der Waals surface area contributed by atoms with Crippen LogP contribution in [0.4, 0.5) is 10.5 Å². The van der Waals surface area contributed by atoms with Crippen molar-refractivity contribution in [1.29, 1.82) is 0 Å². The fourth-order valence-corrected chi connectivity index (χ4v) is 5.95. The Morgan fingerprint density at radius 1 is 1.06 bits per heavy atom. The van der Waals surface area contributed by atoms with Crippen LogP contribution in [0.5, 0.6) is 0 Å². The van der Waals surface area contributed by atoms with Crippen LogP contribution >= 0.6 is 0 Å². The van der Waals surface area contributed by atoms with E-state index in [-0.39, 0.29) is 22.9 Å². The predicted molar refractivity (Wildman–Crippen MR) is 129 cm³/mol. The van der Waals surface area contributed by atoms with Crippen LogP contribution < -0.4 is 10.0 Å². The molecule has 4 rings (SSSR count). The van der Waals surface area contributed by atoms with Crippen molar-refractivity contribution in [2.24, 2.45) is 0 Å². The number of anilines is 1. The van der Waals surface area contributed by atoms with Gasteiger partial charge in [0.15, 0.2) is 0 Å². The van der Waals surface area contributed by atoms with E-state index < -0.39 is 10.0 Å². The second kappa shape index (κ2) is 10.6. The zero-order valence-corrected chi connectivity index (χ0v) is 20.2. The van der Waals surface area contributed by atoms with Gasteiger partial charge in [0.25, 0.3) is 5.91 Å². The van der Waals surface area contributed by atoms with Gasteiger partial charge >= 0.3 is 6.09 Å². The van der Waals surface area contributed by atoms with Gasteiger partial charge in [-0.1, -0.05) is 18.2 Å². The number of rotatable bonds is 6. The highest BCUT2D eigenvalue weighted by Crippen LogP contribution is 2.32. The molecule has 0 atom stereocenters. The normalized spacial score (nSPS) is 16.6. The van der Waals surface area contributed by atoms with Crippen molar-refractivity contribution in [3.8, 4) is 0 Å². The predicted octanol–water partition coefficient (Wildman–Crippen LogP) is 3.72. The van der Waals surface area contributed by atoms with Gasteiger partial charge in [-0.3, -0.25) is 4.79 Å². The second-order valence-corrected chi connectivity index (χ2v) is 10.4. The van der Waals surface area contributed by atoms with Gasteiger partial charge in [0.05, 0.1) is 11.5 Å². The van der Waals surface area contributed by atoms with E-state index in [0.717, 1.165) is 36.8 Å². The van der Waals surface area contributed by atoms with Crippen LogP contribution in [0.3, 0.4) is 0 Å². The molecule has 2 aliphatic rings. The third kappa shape index (κ3) is 5.59. The summed E-state index contributed by atoms with van der Waals surface area (Å²) in [7, 11) is -3.80. The van der Waals surface area contributed by atoms with Crippen molar-refractivity contribution in [1.82, 2.24) is 9.62 Å². The maximum Gasteiger partial charge on any atom is 0.409 e. The molecule has 1 aliphatic heterocycles. The lowest BCUT2D eigenvalue weighted by Crippen LogP contribution is -2.46. The Kier molecular flexibility index (Phi) is 7.53. The van der Waals surface area contributed by atoms with Crippen LogP contribution in [0.2, 0.25) is 0 Å². The molecule has 0 bridgehead atoms. The Morgan fingerprint density at radius 3 is 2.47 bits per heavy atom. The Bertz CT molecular complexity index is 1140. The van der Waals surface area contributed by atoms with Crippen LogP contribution in [0.15, 0.2) is 47.4 Å². The third-order valence-corrected chi connectivity index (χ3v) is 7.88. The maximum atomic E-state index is 13.3. The molecule has 1 aliphatic carbocycles. The smallest absolute Gasteiger partial charge is 0.409 e. The highest BCUT2D eigenvalue weighted by molar-refractivity contribution is 7.89. The number of piperidine rings is 1. The topological polar surface area (TPSA) is 105 Å². The Morgan fingerprint density at radius 2 is 1.76 bits per heavy atom. The summed E-state index contributed by atoms with van der Waals surface area (Å²) in [4.78, 5) is 26.5. The lowest BCUT2D eigenvalue weighted by Gasteiger charge is -2.31. The van der Waals surface area contributed by atoms with Crippen molar-refractivity contribution in [3.63, 3.8) is 0 Å². The Balaban J connectivity index is 1.52. The number of amides is 2. The number of benzene rings is 2. The van der Waals surface area contributed by atoms with Crippen LogP contribution in [0.25, 0.3) is 0 Å². The molecule has 2 N–H and O–H groups in total. The summed E-state index contributed by atoms with van der Waals surface area (Å²) in [5.41, 5.74) is 3.06. The number of carbonyl (C=O) groups excluding carboxylic acids is 2.